The molecule has 0 unspecified atom stereocenters. The molecule has 174 valence electrons. The molecule has 0 bridgehead atoms. The maximum atomic E-state index is 13.4. The van der Waals surface area contributed by atoms with E-state index in [1.54, 1.807) is 45.2 Å². The van der Waals surface area contributed by atoms with Crippen LogP contribution in [0.4, 0.5) is 5.69 Å². The van der Waals surface area contributed by atoms with E-state index in [0.29, 0.717) is 11.4 Å². The van der Waals surface area contributed by atoms with Gasteiger partial charge in [-0.1, -0.05) is 24.3 Å². The number of carbonyl (C=O) groups is 2. The number of methoxy groups -OCH3 is 1. The van der Waals surface area contributed by atoms with Gasteiger partial charge in [0.05, 0.1) is 19.1 Å². The minimum Gasteiger partial charge on any atom is -0.497 e. The van der Waals surface area contributed by atoms with Gasteiger partial charge in [0.15, 0.2) is 0 Å². The number of nitrogens with one attached hydrogen (secondary N) is 1. The van der Waals surface area contributed by atoms with E-state index in [1.807, 2.05) is 25.1 Å². The van der Waals surface area contributed by atoms with E-state index in [-0.39, 0.29) is 12.5 Å². The van der Waals surface area contributed by atoms with Crippen molar-refractivity contribution in [2.75, 3.05) is 31.3 Å². The molecule has 8 nitrogen and oxygen atoms in total. The Morgan fingerprint density at radius 3 is 2.41 bits per heavy atom. The van der Waals surface area contributed by atoms with Crippen molar-refractivity contribution in [2.45, 2.75) is 33.4 Å². The minimum absolute atomic E-state index is 0.120. The molecule has 0 radical (unpaired) electrons. The minimum atomic E-state index is -3.76. The predicted molar refractivity (Wildman–Crippen MR) is 125 cm³/mol. The topological polar surface area (TPSA) is 96.0 Å². The van der Waals surface area contributed by atoms with Gasteiger partial charge in [-0.25, -0.2) is 8.42 Å². The van der Waals surface area contributed by atoms with Crippen LogP contribution in [-0.4, -0.2) is 58.1 Å². The van der Waals surface area contributed by atoms with Crippen molar-refractivity contribution in [1.82, 2.24) is 10.2 Å². The number of likely N-dealkylation sites (N-methyl/N-ethyl adjacent to an activating group) is 1. The molecular formula is C23H31N3O5S. The van der Waals surface area contributed by atoms with E-state index in [4.69, 9.17) is 4.74 Å². The number of hydrogen-bond donors (Lipinski definition) is 1. The second-order valence-electron chi connectivity index (χ2n) is 7.72. The molecule has 32 heavy (non-hydrogen) atoms. The fourth-order valence-corrected chi connectivity index (χ4v) is 4.24. The first-order valence-electron chi connectivity index (χ1n) is 10.2. The Kier molecular flexibility index (Phi) is 8.26. The van der Waals surface area contributed by atoms with Gasteiger partial charge in [-0.15, -0.1) is 0 Å². The van der Waals surface area contributed by atoms with Crippen LogP contribution in [0.5, 0.6) is 5.75 Å². The third-order valence-electron chi connectivity index (χ3n) is 5.21. The molecule has 9 heteroatoms. The predicted octanol–water partition coefficient (Wildman–Crippen LogP) is 2.24. The van der Waals surface area contributed by atoms with Crippen LogP contribution in [0.15, 0.2) is 42.5 Å². The molecule has 1 N–H and O–H groups in total. The Balaban J connectivity index is 2.43. The molecule has 0 aliphatic heterocycles. The molecule has 2 rings (SSSR count). The van der Waals surface area contributed by atoms with Crippen LogP contribution in [0.2, 0.25) is 0 Å². The molecule has 0 aliphatic carbocycles. The van der Waals surface area contributed by atoms with Gasteiger partial charge in [0, 0.05) is 13.6 Å². The number of carbonyl (C=O) groups excluding carboxylic acids is 2. The van der Waals surface area contributed by atoms with E-state index in [1.165, 1.54) is 11.9 Å². The van der Waals surface area contributed by atoms with Crippen LogP contribution in [0, 0.1) is 13.8 Å². The average Bonchev–Trinajstić information content (AvgIpc) is 2.75. The monoisotopic (exact) mass is 461 g/mol. The molecule has 2 amide bonds. The standard InChI is InChI=1S/C23H31N3O5S/c1-16-10-11-17(2)21(12-16)26(32(6,29)30)15-22(27)25(18(3)23(28)24-4)14-19-8-7-9-20(13-19)31-5/h7-13,18H,14-15H2,1-6H3,(H,24,28)/t18-/m0/s1. The first-order valence-corrected chi connectivity index (χ1v) is 12.0. The third kappa shape index (κ3) is 6.23. The zero-order valence-corrected chi connectivity index (χ0v) is 20.2. The zero-order valence-electron chi connectivity index (χ0n) is 19.4. The molecule has 0 aromatic heterocycles. The Bertz CT molecular complexity index is 1080. The number of rotatable bonds is 9. The highest BCUT2D eigenvalue weighted by molar-refractivity contribution is 7.92. The van der Waals surface area contributed by atoms with Crippen LogP contribution in [0.25, 0.3) is 0 Å². The zero-order chi connectivity index (χ0) is 24.1. The molecule has 2 aromatic rings. The SMILES string of the molecule is CNC(=O)[C@H](C)N(Cc1cccc(OC)c1)C(=O)CN(c1cc(C)ccc1C)S(C)(=O)=O. The Morgan fingerprint density at radius 2 is 1.81 bits per heavy atom. The van der Waals surface area contributed by atoms with Crippen LogP contribution < -0.4 is 14.4 Å². The summed E-state index contributed by atoms with van der Waals surface area (Å²) in [4.78, 5) is 27.1. The molecule has 0 heterocycles. The lowest BCUT2D eigenvalue weighted by atomic mass is 10.1. The highest BCUT2D eigenvalue weighted by atomic mass is 32.2. The summed E-state index contributed by atoms with van der Waals surface area (Å²) in [6.45, 7) is 4.95. The molecule has 0 aliphatic rings. The lowest BCUT2D eigenvalue weighted by Crippen LogP contribution is -2.50. The maximum Gasteiger partial charge on any atom is 0.244 e. The fourth-order valence-electron chi connectivity index (χ4n) is 3.34. The van der Waals surface area contributed by atoms with Crippen molar-refractivity contribution in [3.8, 4) is 5.75 Å². The van der Waals surface area contributed by atoms with Gasteiger partial charge in [-0.3, -0.25) is 13.9 Å². The van der Waals surface area contributed by atoms with E-state index in [2.05, 4.69) is 5.32 Å². The summed E-state index contributed by atoms with van der Waals surface area (Å²) in [5, 5.41) is 2.55. The Hall–Kier alpha value is -3.07. The number of benzene rings is 2. The van der Waals surface area contributed by atoms with Gasteiger partial charge in [0.25, 0.3) is 0 Å². The molecule has 1 atom stereocenters. The van der Waals surface area contributed by atoms with Gasteiger partial charge >= 0.3 is 0 Å². The van der Waals surface area contributed by atoms with Crippen LogP contribution in [0.1, 0.15) is 23.6 Å². The molecule has 0 fully saturated rings. The van der Waals surface area contributed by atoms with Crippen molar-refractivity contribution < 1.29 is 22.7 Å². The number of ether oxygens (including phenoxy) is 1. The second-order valence-corrected chi connectivity index (χ2v) is 9.63. The number of aryl methyl sites for hydroxylation is 2. The first-order chi connectivity index (χ1) is 15.0. The molecule has 0 saturated carbocycles. The summed E-state index contributed by atoms with van der Waals surface area (Å²) in [5.74, 6) is -0.218. The average molecular weight is 462 g/mol. The highest BCUT2D eigenvalue weighted by Crippen LogP contribution is 2.25. The van der Waals surface area contributed by atoms with Crippen molar-refractivity contribution in [2.24, 2.45) is 0 Å². The van der Waals surface area contributed by atoms with Crippen molar-refractivity contribution >= 4 is 27.5 Å². The number of amides is 2. The summed E-state index contributed by atoms with van der Waals surface area (Å²) in [6, 6.07) is 11.8. The number of nitrogens with zero attached hydrogens (tertiary/aromatic N) is 2. The van der Waals surface area contributed by atoms with Crippen molar-refractivity contribution in [3.05, 3.63) is 59.2 Å². The Morgan fingerprint density at radius 1 is 1.12 bits per heavy atom. The summed E-state index contributed by atoms with van der Waals surface area (Å²) in [7, 11) is -0.719. The third-order valence-corrected chi connectivity index (χ3v) is 6.34. The van der Waals surface area contributed by atoms with Gasteiger partial charge < -0.3 is 15.0 Å². The summed E-state index contributed by atoms with van der Waals surface area (Å²) < 4.78 is 31.6. The maximum absolute atomic E-state index is 13.4. The van der Waals surface area contributed by atoms with E-state index >= 15 is 0 Å². The van der Waals surface area contributed by atoms with Crippen LogP contribution >= 0.6 is 0 Å². The second kappa shape index (κ2) is 10.5. The van der Waals surface area contributed by atoms with E-state index in [9.17, 15) is 18.0 Å². The largest absolute Gasteiger partial charge is 0.497 e. The van der Waals surface area contributed by atoms with Gasteiger partial charge in [-0.2, -0.15) is 0 Å². The quantitative estimate of drug-likeness (QED) is 0.618. The summed E-state index contributed by atoms with van der Waals surface area (Å²) in [6.07, 6.45) is 1.07. The fraction of sp³-hybridized carbons (Fsp3) is 0.391. The Labute approximate surface area is 190 Å². The summed E-state index contributed by atoms with van der Waals surface area (Å²) in [5.41, 5.74) is 2.80. The number of hydrogen-bond acceptors (Lipinski definition) is 5. The van der Waals surface area contributed by atoms with Gasteiger partial charge in [-0.05, 0) is 55.7 Å². The molecule has 0 saturated heterocycles. The molecular weight excluding hydrogens is 430 g/mol. The van der Waals surface area contributed by atoms with Crippen molar-refractivity contribution in [3.63, 3.8) is 0 Å². The first kappa shape index (κ1) is 25.2. The molecule has 0 spiro atoms. The van der Waals surface area contributed by atoms with Crippen LogP contribution in [0.3, 0.4) is 0 Å². The number of sulfonamides is 1. The highest BCUT2D eigenvalue weighted by Gasteiger charge is 2.30. The number of anilines is 1. The van der Waals surface area contributed by atoms with Crippen molar-refractivity contribution in [1.29, 1.82) is 0 Å². The van der Waals surface area contributed by atoms with E-state index in [0.717, 1.165) is 27.3 Å². The van der Waals surface area contributed by atoms with E-state index < -0.39 is 28.5 Å². The lowest BCUT2D eigenvalue weighted by molar-refractivity contribution is -0.139. The van der Waals surface area contributed by atoms with Gasteiger partial charge in [0.2, 0.25) is 21.8 Å². The molecule has 2 aromatic carbocycles. The van der Waals surface area contributed by atoms with Crippen LogP contribution in [-0.2, 0) is 26.2 Å². The lowest BCUT2D eigenvalue weighted by Gasteiger charge is -2.31. The van der Waals surface area contributed by atoms with Gasteiger partial charge in [0.1, 0.15) is 18.3 Å². The summed E-state index contributed by atoms with van der Waals surface area (Å²) >= 11 is 0. The normalized spacial score (nSPS) is 12.1. The smallest absolute Gasteiger partial charge is 0.244 e.